The lowest BCUT2D eigenvalue weighted by Gasteiger charge is -2.22. The highest BCUT2D eigenvalue weighted by atomic mass is 32.1. The summed E-state index contributed by atoms with van der Waals surface area (Å²) in [4.78, 5) is 20.2. The average molecular weight is 305 g/mol. The molecule has 0 saturated heterocycles. The molecule has 0 bridgehead atoms. The Morgan fingerprint density at radius 3 is 2.67 bits per heavy atom. The number of hydrogen-bond donors (Lipinski definition) is 1. The number of amides is 1. The third kappa shape index (κ3) is 3.53. The Labute approximate surface area is 130 Å². The lowest BCUT2D eigenvalue weighted by atomic mass is 10.1. The molecule has 0 saturated carbocycles. The third-order valence-electron chi connectivity index (χ3n) is 3.45. The topological polar surface area (TPSA) is 58.7 Å². The molecular weight excluding hydrogens is 282 g/mol. The first kappa shape index (κ1) is 15.8. The van der Waals surface area contributed by atoms with Crippen LogP contribution in [0, 0.1) is 6.92 Å². The first-order valence-corrected chi connectivity index (χ1v) is 8.35. The van der Waals surface area contributed by atoms with Gasteiger partial charge in [-0.1, -0.05) is 13.8 Å². The summed E-state index contributed by atoms with van der Waals surface area (Å²) in [5, 5.41) is 2.06. The van der Waals surface area contributed by atoms with E-state index in [1.807, 2.05) is 17.9 Å². The number of fused-ring (bicyclic) bond motifs is 1. The molecule has 0 aromatic carbocycles. The van der Waals surface area contributed by atoms with E-state index in [1.165, 1.54) is 0 Å². The molecule has 0 fully saturated rings. The van der Waals surface area contributed by atoms with Crippen molar-refractivity contribution in [3.05, 3.63) is 21.4 Å². The lowest BCUT2D eigenvalue weighted by Crippen LogP contribution is -2.34. The molecule has 1 aliphatic rings. The predicted molar refractivity (Wildman–Crippen MR) is 90.1 cm³/mol. The maximum absolute atomic E-state index is 12.7. The molecule has 1 aromatic rings. The molecule has 2 N–H and O–H groups in total. The van der Waals surface area contributed by atoms with Gasteiger partial charge in [-0.25, -0.2) is 4.99 Å². The van der Waals surface area contributed by atoms with Gasteiger partial charge in [-0.3, -0.25) is 4.79 Å². The SMILES string of the molecule is CCCN(CCC)C(=O)C1=Cc2scc(C)c2N=C(N)C1. The molecule has 0 spiro atoms. The van der Waals surface area contributed by atoms with Gasteiger partial charge in [0.15, 0.2) is 0 Å². The van der Waals surface area contributed by atoms with Crippen molar-refractivity contribution in [3.8, 4) is 0 Å². The zero-order valence-corrected chi connectivity index (χ0v) is 13.8. The Morgan fingerprint density at radius 1 is 1.38 bits per heavy atom. The van der Waals surface area contributed by atoms with Crippen LogP contribution in [0.1, 0.15) is 43.6 Å². The van der Waals surface area contributed by atoms with Crippen LogP contribution in [0.5, 0.6) is 0 Å². The fraction of sp³-hybridized carbons (Fsp3) is 0.500. The van der Waals surface area contributed by atoms with Crippen LogP contribution in [-0.2, 0) is 4.79 Å². The number of thiophene rings is 1. The summed E-state index contributed by atoms with van der Waals surface area (Å²) < 4.78 is 0. The van der Waals surface area contributed by atoms with Crippen molar-refractivity contribution in [2.45, 2.75) is 40.0 Å². The van der Waals surface area contributed by atoms with Gasteiger partial charge < -0.3 is 10.6 Å². The summed E-state index contributed by atoms with van der Waals surface area (Å²) in [5.74, 6) is 0.610. The number of rotatable bonds is 5. The standard InChI is InChI=1S/C16H23N3OS/c1-4-6-19(7-5-2)16(20)12-8-13-15(11(3)10-21-13)18-14(17)9-12/h8,10H,4-7,9H2,1-3H3,(H2,17,18). The molecule has 0 atom stereocenters. The summed E-state index contributed by atoms with van der Waals surface area (Å²) in [6.07, 6.45) is 4.33. The van der Waals surface area contributed by atoms with Crippen molar-refractivity contribution in [2.75, 3.05) is 13.1 Å². The number of aryl methyl sites for hydroxylation is 1. The zero-order valence-electron chi connectivity index (χ0n) is 13.0. The van der Waals surface area contributed by atoms with E-state index in [0.717, 1.165) is 47.6 Å². The molecule has 0 radical (unpaired) electrons. The fourth-order valence-corrected chi connectivity index (χ4v) is 3.43. The molecular formula is C16H23N3OS. The largest absolute Gasteiger partial charge is 0.387 e. The number of nitrogens with two attached hydrogens (primary N) is 1. The van der Waals surface area contributed by atoms with Gasteiger partial charge in [0, 0.05) is 25.1 Å². The van der Waals surface area contributed by atoms with Crippen LogP contribution in [-0.4, -0.2) is 29.7 Å². The summed E-state index contributed by atoms with van der Waals surface area (Å²) in [6, 6.07) is 0. The van der Waals surface area contributed by atoms with Gasteiger partial charge in [0.2, 0.25) is 5.91 Å². The van der Waals surface area contributed by atoms with Gasteiger partial charge >= 0.3 is 0 Å². The third-order valence-corrected chi connectivity index (χ3v) is 4.49. The fourth-order valence-electron chi connectivity index (χ4n) is 2.49. The van der Waals surface area contributed by atoms with Crippen LogP contribution >= 0.6 is 11.3 Å². The van der Waals surface area contributed by atoms with Gasteiger partial charge in [0.1, 0.15) is 5.84 Å². The second-order valence-electron chi connectivity index (χ2n) is 5.37. The normalized spacial score (nSPS) is 14.0. The van der Waals surface area contributed by atoms with Gasteiger partial charge in [-0.2, -0.15) is 0 Å². The van der Waals surface area contributed by atoms with Crippen molar-refractivity contribution in [1.29, 1.82) is 0 Å². The van der Waals surface area contributed by atoms with E-state index in [0.29, 0.717) is 12.3 Å². The number of carbonyl (C=O) groups is 1. The second-order valence-corrected chi connectivity index (χ2v) is 6.28. The first-order chi connectivity index (χ1) is 10.1. The number of aliphatic imine (C=N–C) groups is 1. The Bertz CT molecular complexity index is 580. The van der Waals surface area contributed by atoms with E-state index in [1.54, 1.807) is 11.3 Å². The van der Waals surface area contributed by atoms with Gasteiger partial charge in [0.25, 0.3) is 0 Å². The van der Waals surface area contributed by atoms with E-state index in [-0.39, 0.29) is 5.91 Å². The van der Waals surface area contributed by atoms with Crippen LogP contribution in [0.2, 0.25) is 0 Å². The quantitative estimate of drug-likeness (QED) is 0.905. The molecule has 1 aliphatic heterocycles. The molecule has 1 aromatic heterocycles. The highest BCUT2D eigenvalue weighted by Crippen LogP contribution is 2.35. The summed E-state index contributed by atoms with van der Waals surface area (Å²) in [7, 11) is 0. The summed E-state index contributed by atoms with van der Waals surface area (Å²) in [6.45, 7) is 7.78. The minimum absolute atomic E-state index is 0.0933. The maximum Gasteiger partial charge on any atom is 0.250 e. The van der Waals surface area contributed by atoms with Crippen LogP contribution in [0.15, 0.2) is 15.9 Å². The van der Waals surface area contributed by atoms with Gasteiger partial charge in [-0.05, 0) is 36.8 Å². The highest BCUT2D eigenvalue weighted by Gasteiger charge is 2.21. The predicted octanol–water partition coefficient (Wildman–Crippen LogP) is 3.48. The van der Waals surface area contributed by atoms with Gasteiger partial charge in [0.05, 0.1) is 10.6 Å². The van der Waals surface area contributed by atoms with Crippen molar-refractivity contribution >= 4 is 34.8 Å². The molecule has 1 amide bonds. The van der Waals surface area contributed by atoms with E-state index < -0.39 is 0 Å². The Balaban J connectivity index is 2.33. The number of nitrogens with zero attached hydrogens (tertiary/aromatic N) is 2. The van der Waals surface area contributed by atoms with Crippen molar-refractivity contribution < 1.29 is 4.79 Å². The number of hydrogen-bond acceptors (Lipinski definition) is 4. The Hall–Kier alpha value is -1.62. The lowest BCUT2D eigenvalue weighted by molar-refractivity contribution is -0.127. The van der Waals surface area contributed by atoms with Crippen LogP contribution in [0.25, 0.3) is 6.08 Å². The monoisotopic (exact) mass is 305 g/mol. The van der Waals surface area contributed by atoms with Gasteiger partial charge in [-0.15, -0.1) is 11.3 Å². The smallest absolute Gasteiger partial charge is 0.250 e. The molecule has 0 aliphatic carbocycles. The van der Waals surface area contributed by atoms with Crippen LogP contribution in [0.4, 0.5) is 5.69 Å². The van der Waals surface area contributed by atoms with E-state index in [2.05, 4.69) is 24.2 Å². The van der Waals surface area contributed by atoms with Crippen molar-refractivity contribution in [1.82, 2.24) is 4.90 Å². The first-order valence-electron chi connectivity index (χ1n) is 7.47. The summed E-state index contributed by atoms with van der Waals surface area (Å²) >= 11 is 1.62. The molecule has 5 heteroatoms. The van der Waals surface area contributed by atoms with E-state index in [4.69, 9.17) is 5.73 Å². The molecule has 21 heavy (non-hydrogen) atoms. The van der Waals surface area contributed by atoms with Crippen LogP contribution < -0.4 is 5.73 Å². The number of amidine groups is 1. The summed E-state index contributed by atoms with van der Waals surface area (Å²) in [5.41, 5.74) is 8.77. The van der Waals surface area contributed by atoms with Crippen molar-refractivity contribution in [2.24, 2.45) is 10.7 Å². The second kappa shape index (κ2) is 6.89. The van der Waals surface area contributed by atoms with Crippen molar-refractivity contribution in [3.63, 3.8) is 0 Å². The Morgan fingerprint density at radius 2 is 2.05 bits per heavy atom. The van der Waals surface area contributed by atoms with E-state index in [9.17, 15) is 4.79 Å². The average Bonchev–Trinajstić information content (AvgIpc) is 2.70. The molecule has 2 heterocycles. The minimum Gasteiger partial charge on any atom is -0.387 e. The molecule has 2 rings (SSSR count). The zero-order chi connectivity index (χ0) is 15.4. The molecule has 4 nitrogen and oxygen atoms in total. The van der Waals surface area contributed by atoms with E-state index >= 15 is 0 Å². The maximum atomic E-state index is 12.7. The number of carbonyl (C=O) groups excluding carboxylic acids is 1. The minimum atomic E-state index is 0.0933. The molecule has 114 valence electrons. The highest BCUT2D eigenvalue weighted by molar-refractivity contribution is 7.11. The Kier molecular flexibility index (Phi) is 5.17. The molecule has 0 unspecified atom stereocenters. The van der Waals surface area contributed by atoms with Crippen LogP contribution in [0.3, 0.4) is 0 Å².